The fourth-order valence-electron chi connectivity index (χ4n) is 2.67. The van der Waals surface area contributed by atoms with Gasteiger partial charge in [0.2, 0.25) is 5.91 Å². The van der Waals surface area contributed by atoms with Crippen molar-refractivity contribution in [1.82, 2.24) is 5.32 Å². The highest BCUT2D eigenvalue weighted by Crippen LogP contribution is 2.26. The summed E-state index contributed by atoms with van der Waals surface area (Å²) in [7, 11) is 0. The molecule has 0 fully saturated rings. The molecule has 1 N–H and O–H groups in total. The van der Waals surface area contributed by atoms with Crippen LogP contribution in [0.3, 0.4) is 0 Å². The van der Waals surface area contributed by atoms with Gasteiger partial charge in [0.1, 0.15) is 6.54 Å². The Labute approximate surface area is 163 Å². The number of rotatable bonds is 5. The Kier molecular flexibility index (Phi) is 5.96. The predicted molar refractivity (Wildman–Crippen MR) is 111 cm³/mol. The Hall–Kier alpha value is -2.60. The van der Waals surface area contributed by atoms with Crippen LogP contribution in [0, 0.1) is 13.8 Å². The van der Waals surface area contributed by atoms with Gasteiger partial charge in [0.15, 0.2) is 5.17 Å². The Morgan fingerprint density at radius 2 is 1.70 bits per heavy atom. The topological polar surface area (TPSA) is 61.8 Å². The molecule has 5 nitrogen and oxygen atoms in total. The molecule has 0 saturated carbocycles. The van der Waals surface area contributed by atoms with E-state index in [1.54, 1.807) is 4.90 Å². The van der Waals surface area contributed by atoms with Crippen molar-refractivity contribution < 1.29 is 9.59 Å². The van der Waals surface area contributed by atoms with E-state index in [-0.39, 0.29) is 23.6 Å². The van der Waals surface area contributed by atoms with E-state index in [2.05, 4.69) is 10.3 Å². The average Bonchev–Trinajstić information content (AvgIpc) is 3.02. The highest BCUT2D eigenvalue weighted by atomic mass is 32.2. The van der Waals surface area contributed by atoms with Crippen molar-refractivity contribution in [2.75, 3.05) is 11.4 Å². The number of nitrogens with one attached hydrogen (secondary N) is 1. The second kappa shape index (κ2) is 8.39. The zero-order valence-corrected chi connectivity index (χ0v) is 16.5. The first-order chi connectivity index (χ1) is 12.9. The molecule has 0 spiro atoms. The summed E-state index contributed by atoms with van der Waals surface area (Å²) in [4.78, 5) is 30.6. The molecule has 2 aromatic carbocycles. The summed E-state index contributed by atoms with van der Waals surface area (Å²) >= 11 is 1.31. The van der Waals surface area contributed by atoms with Crippen LogP contribution >= 0.6 is 11.8 Å². The molecule has 1 aliphatic rings. The zero-order chi connectivity index (χ0) is 19.4. The van der Waals surface area contributed by atoms with E-state index in [4.69, 9.17) is 0 Å². The molecule has 1 heterocycles. The van der Waals surface area contributed by atoms with Crippen molar-refractivity contribution in [3.8, 4) is 0 Å². The van der Waals surface area contributed by atoms with Crippen LogP contribution in [0.1, 0.15) is 23.6 Å². The third-order valence-corrected chi connectivity index (χ3v) is 5.41. The standard InChI is InChI=1S/C21H23N3O2S/c1-14-4-8-17(9-5-14)12-22-20(26)16(3)27-21-23-13-19(25)24(21)18-10-6-15(2)7-11-18/h4-11,16H,12-13H2,1-3H3,(H,22,26)/t16-/m1/s1. The quantitative estimate of drug-likeness (QED) is 0.863. The molecule has 0 unspecified atom stereocenters. The van der Waals surface area contributed by atoms with Gasteiger partial charge in [-0.3, -0.25) is 19.5 Å². The number of aryl methyl sites for hydroxylation is 2. The first-order valence-corrected chi connectivity index (χ1v) is 9.76. The van der Waals surface area contributed by atoms with Crippen molar-refractivity contribution in [3.05, 3.63) is 65.2 Å². The molecular formula is C21H23N3O2S. The number of amidine groups is 1. The number of anilines is 1. The molecule has 1 aliphatic heterocycles. The third kappa shape index (κ3) is 4.77. The molecule has 0 radical (unpaired) electrons. The molecule has 2 amide bonds. The number of benzene rings is 2. The van der Waals surface area contributed by atoms with Crippen LogP contribution in [0.5, 0.6) is 0 Å². The maximum absolute atomic E-state index is 12.5. The fraction of sp³-hybridized carbons (Fsp3) is 0.286. The molecule has 2 aromatic rings. The number of hydrogen-bond donors (Lipinski definition) is 1. The summed E-state index contributed by atoms with van der Waals surface area (Å²) in [5.74, 6) is -0.153. The minimum atomic E-state index is -0.354. The van der Waals surface area contributed by atoms with Crippen LogP contribution in [-0.4, -0.2) is 28.8 Å². The monoisotopic (exact) mass is 381 g/mol. The summed E-state index contributed by atoms with van der Waals surface area (Å²) in [5.41, 5.74) is 4.15. The van der Waals surface area contributed by atoms with Gasteiger partial charge in [0.25, 0.3) is 5.91 Å². The van der Waals surface area contributed by atoms with Gasteiger partial charge in [-0.15, -0.1) is 0 Å². The first kappa shape index (κ1) is 19.2. The van der Waals surface area contributed by atoms with Gasteiger partial charge in [-0.2, -0.15) is 0 Å². The summed E-state index contributed by atoms with van der Waals surface area (Å²) in [6, 6.07) is 15.8. The molecule has 1 atom stereocenters. The summed E-state index contributed by atoms with van der Waals surface area (Å²) in [6.07, 6.45) is 0. The number of thioether (sulfide) groups is 1. The van der Waals surface area contributed by atoms with E-state index in [9.17, 15) is 9.59 Å². The van der Waals surface area contributed by atoms with Gasteiger partial charge in [-0.1, -0.05) is 59.3 Å². The van der Waals surface area contributed by atoms with Gasteiger partial charge in [0.05, 0.1) is 10.9 Å². The van der Waals surface area contributed by atoms with Crippen LogP contribution in [0.15, 0.2) is 53.5 Å². The smallest absolute Gasteiger partial charge is 0.254 e. The molecule has 3 rings (SSSR count). The van der Waals surface area contributed by atoms with Crippen LogP contribution < -0.4 is 10.2 Å². The van der Waals surface area contributed by atoms with E-state index in [0.29, 0.717) is 11.7 Å². The lowest BCUT2D eigenvalue weighted by Gasteiger charge is -2.20. The molecule has 6 heteroatoms. The van der Waals surface area contributed by atoms with Gasteiger partial charge in [-0.25, -0.2) is 0 Å². The Bertz CT molecular complexity index is 860. The Balaban J connectivity index is 1.60. The molecule has 0 aliphatic carbocycles. The molecule has 0 saturated heterocycles. The van der Waals surface area contributed by atoms with Gasteiger partial charge in [0, 0.05) is 6.54 Å². The Morgan fingerprint density at radius 1 is 1.11 bits per heavy atom. The molecule has 140 valence electrons. The van der Waals surface area contributed by atoms with Gasteiger partial charge in [-0.05, 0) is 38.5 Å². The number of carbonyl (C=O) groups is 2. The second-order valence-corrected chi connectivity index (χ2v) is 7.93. The maximum Gasteiger partial charge on any atom is 0.254 e. The average molecular weight is 382 g/mol. The zero-order valence-electron chi connectivity index (χ0n) is 15.7. The summed E-state index contributed by atoms with van der Waals surface area (Å²) < 4.78 is 0. The van der Waals surface area contributed by atoms with Crippen LogP contribution in [0.25, 0.3) is 0 Å². The molecule has 0 bridgehead atoms. The van der Waals surface area contributed by atoms with Crippen molar-refractivity contribution in [3.63, 3.8) is 0 Å². The first-order valence-electron chi connectivity index (χ1n) is 8.88. The van der Waals surface area contributed by atoms with E-state index < -0.39 is 0 Å². The van der Waals surface area contributed by atoms with Crippen molar-refractivity contribution in [2.45, 2.75) is 32.6 Å². The number of hydrogen-bond acceptors (Lipinski definition) is 4. The van der Waals surface area contributed by atoms with Crippen LogP contribution in [0.2, 0.25) is 0 Å². The number of carbonyl (C=O) groups excluding carboxylic acids is 2. The van der Waals surface area contributed by atoms with E-state index in [1.165, 1.54) is 17.3 Å². The largest absolute Gasteiger partial charge is 0.351 e. The lowest BCUT2D eigenvalue weighted by molar-refractivity contribution is -0.120. The lowest BCUT2D eigenvalue weighted by atomic mass is 10.1. The lowest BCUT2D eigenvalue weighted by Crippen LogP contribution is -2.35. The van der Waals surface area contributed by atoms with E-state index >= 15 is 0 Å². The fourth-order valence-corrected chi connectivity index (χ4v) is 3.63. The number of nitrogens with zero attached hydrogens (tertiary/aromatic N) is 2. The third-order valence-electron chi connectivity index (χ3n) is 4.32. The number of amides is 2. The van der Waals surface area contributed by atoms with Crippen molar-refractivity contribution >= 4 is 34.4 Å². The molecule has 27 heavy (non-hydrogen) atoms. The SMILES string of the molecule is Cc1ccc(CNC(=O)[C@@H](C)SC2=NCC(=O)N2c2ccc(C)cc2)cc1. The van der Waals surface area contributed by atoms with Crippen LogP contribution in [0.4, 0.5) is 5.69 Å². The highest BCUT2D eigenvalue weighted by Gasteiger charge is 2.30. The molecular weight excluding hydrogens is 358 g/mol. The normalized spacial score (nSPS) is 14.9. The number of aliphatic imine (C=N–C) groups is 1. The van der Waals surface area contributed by atoms with Crippen LogP contribution in [-0.2, 0) is 16.1 Å². The van der Waals surface area contributed by atoms with Gasteiger partial charge < -0.3 is 5.32 Å². The van der Waals surface area contributed by atoms with Gasteiger partial charge >= 0.3 is 0 Å². The van der Waals surface area contributed by atoms with Crippen molar-refractivity contribution in [2.24, 2.45) is 4.99 Å². The Morgan fingerprint density at radius 3 is 2.33 bits per heavy atom. The summed E-state index contributed by atoms with van der Waals surface area (Å²) in [5, 5.41) is 3.16. The second-order valence-electron chi connectivity index (χ2n) is 6.63. The van der Waals surface area contributed by atoms with Crippen molar-refractivity contribution in [1.29, 1.82) is 0 Å². The summed E-state index contributed by atoms with van der Waals surface area (Å²) in [6.45, 7) is 6.46. The predicted octanol–water partition coefficient (Wildman–Crippen LogP) is 3.44. The molecule has 0 aromatic heterocycles. The van der Waals surface area contributed by atoms with E-state index in [0.717, 1.165) is 16.8 Å². The minimum absolute atomic E-state index is 0.0754. The minimum Gasteiger partial charge on any atom is -0.351 e. The maximum atomic E-state index is 12.5. The van der Waals surface area contributed by atoms with E-state index in [1.807, 2.05) is 69.3 Å². The highest BCUT2D eigenvalue weighted by molar-refractivity contribution is 8.15.